The molecule has 3 aromatic heterocycles. The zero-order valence-corrected chi connectivity index (χ0v) is 18.0. The van der Waals surface area contributed by atoms with Gasteiger partial charge in [-0.2, -0.15) is 0 Å². The Morgan fingerprint density at radius 1 is 1.16 bits per heavy atom. The van der Waals surface area contributed by atoms with Crippen LogP contribution < -0.4 is 15.0 Å². The molecule has 0 radical (unpaired) electrons. The molecule has 162 valence electrons. The fourth-order valence-electron chi connectivity index (χ4n) is 4.78. The van der Waals surface area contributed by atoms with Gasteiger partial charge < -0.3 is 15.0 Å². The minimum absolute atomic E-state index is 0.543. The van der Waals surface area contributed by atoms with E-state index in [1.54, 1.807) is 6.33 Å². The molecule has 0 spiro atoms. The molecule has 8 heteroatoms. The van der Waals surface area contributed by atoms with E-state index in [0.29, 0.717) is 18.5 Å². The summed E-state index contributed by atoms with van der Waals surface area (Å²) in [5.74, 6) is 2.73. The van der Waals surface area contributed by atoms with Gasteiger partial charge in [0.05, 0.1) is 6.61 Å². The van der Waals surface area contributed by atoms with Crippen molar-refractivity contribution < 1.29 is 4.74 Å². The number of pyridine rings is 1. The minimum atomic E-state index is 0.543. The highest BCUT2D eigenvalue weighted by Crippen LogP contribution is 2.30. The van der Waals surface area contributed by atoms with Gasteiger partial charge in [-0.3, -0.25) is 4.40 Å². The van der Waals surface area contributed by atoms with Gasteiger partial charge in [0.15, 0.2) is 5.65 Å². The van der Waals surface area contributed by atoms with E-state index in [4.69, 9.17) is 9.72 Å². The van der Waals surface area contributed by atoms with Crippen LogP contribution in [0, 0.1) is 0 Å². The summed E-state index contributed by atoms with van der Waals surface area (Å²) in [5.41, 5.74) is 5.15. The summed E-state index contributed by atoms with van der Waals surface area (Å²) in [7, 11) is 0. The molecule has 2 aliphatic heterocycles. The molecule has 1 aromatic carbocycles. The highest BCUT2D eigenvalue weighted by molar-refractivity contribution is 5.77. The maximum atomic E-state index is 5.68. The number of rotatable bonds is 5. The minimum Gasteiger partial charge on any atom is -0.493 e. The van der Waals surface area contributed by atoms with Crippen molar-refractivity contribution in [1.29, 1.82) is 0 Å². The van der Waals surface area contributed by atoms with E-state index in [9.17, 15) is 0 Å². The Labute approximate surface area is 186 Å². The molecule has 32 heavy (non-hydrogen) atoms. The van der Waals surface area contributed by atoms with Gasteiger partial charge in [-0.05, 0) is 43.5 Å². The highest BCUT2D eigenvalue weighted by atomic mass is 16.5. The lowest BCUT2D eigenvalue weighted by molar-refractivity contribution is 0.357. The van der Waals surface area contributed by atoms with E-state index in [2.05, 4.69) is 50.5 Å². The van der Waals surface area contributed by atoms with E-state index in [0.717, 1.165) is 47.9 Å². The molecule has 1 unspecified atom stereocenters. The molecule has 5 heterocycles. The second-order valence-corrected chi connectivity index (χ2v) is 8.46. The molecule has 1 atom stereocenters. The third kappa shape index (κ3) is 3.23. The Kier molecular flexibility index (Phi) is 4.63. The summed E-state index contributed by atoms with van der Waals surface area (Å²) in [4.78, 5) is 11.8. The number of anilines is 2. The number of nitrogens with zero attached hydrogens (tertiary/aromatic N) is 6. The van der Waals surface area contributed by atoms with Crippen LogP contribution >= 0.6 is 0 Å². The van der Waals surface area contributed by atoms with Crippen molar-refractivity contribution in [2.24, 2.45) is 0 Å². The van der Waals surface area contributed by atoms with E-state index < -0.39 is 0 Å². The standard InChI is InChI=1S/C24H25N7O/c1-16-4-3-10-30(16)22-8-7-18(12-25-22)20-14-27-24(31-15-28-29-23(20)31)26-13-17-5-2-6-21-19(17)9-11-32-21/h2,5-8,12,14-16H,3-4,9-11,13H2,1H3,(H,26,27). The van der Waals surface area contributed by atoms with Crippen molar-refractivity contribution in [1.82, 2.24) is 24.6 Å². The Morgan fingerprint density at radius 3 is 2.97 bits per heavy atom. The van der Waals surface area contributed by atoms with E-state index in [1.165, 1.54) is 24.0 Å². The molecule has 1 fully saturated rings. The van der Waals surface area contributed by atoms with Crippen molar-refractivity contribution in [2.75, 3.05) is 23.4 Å². The normalized spacial score (nSPS) is 17.5. The molecule has 6 rings (SSSR count). The van der Waals surface area contributed by atoms with Crippen LogP contribution in [-0.2, 0) is 13.0 Å². The fourth-order valence-corrected chi connectivity index (χ4v) is 4.78. The van der Waals surface area contributed by atoms with Gasteiger partial charge in [0.2, 0.25) is 5.95 Å². The summed E-state index contributed by atoms with van der Waals surface area (Å²) in [6, 6.07) is 10.9. The summed E-state index contributed by atoms with van der Waals surface area (Å²) in [5, 5.41) is 11.9. The van der Waals surface area contributed by atoms with Crippen molar-refractivity contribution >= 4 is 17.4 Å². The number of hydrogen-bond acceptors (Lipinski definition) is 7. The number of nitrogens with one attached hydrogen (secondary N) is 1. The molecule has 8 nitrogen and oxygen atoms in total. The van der Waals surface area contributed by atoms with Crippen molar-refractivity contribution in [3.8, 4) is 16.9 Å². The van der Waals surface area contributed by atoms with Gasteiger partial charge in [0, 0.05) is 54.6 Å². The second-order valence-electron chi connectivity index (χ2n) is 8.46. The first kappa shape index (κ1) is 19.0. The molecule has 1 saturated heterocycles. The zero-order chi connectivity index (χ0) is 21.5. The molecule has 1 N–H and O–H groups in total. The van der Waals surface area contributed by atoms with Gasteiger partial charge in [-0.25, -0.2) is 9.97 Å². The number of hydrogen-bond donors (Lipinski definition) is 1. The van der Waals surface area contributed by atoms with Gasteiger partial charge in [-0.1, -0.05) is 12.1 Å². The topological polar surface area (TPSA) is 80.5 Å². The first-order valence-corrected chi connectivity index (χ1v) is 11.2. The molecular formula is C24H25N7O. The van der Waals surface area contributed by atoms with Gasteiger partial charge in [-0.15, -0.1) is 10.2 Å². The smallest absolute Gasteiger partial charge is 0.210 e. The molecule has 0 aliphatic carbocycles. The lowest BCUT2D eigenvalue weighted by Gasteiger charge is -2.22. The SMILES string of the molecule is CC1CCCN1c1ccc(-c2cnc(NCc3cccc4c3CCO4)n3cnnc23)cn1. The summed E-state index contributed by atoms with van der Waals surface area (Å²) >= 11 is 0. The third-order valence-electron chi connectivity index (χ3n) is 6.52. The van der Waals surface area contributed by atoms with E-state index in [1.807, 2.05) is 28.9 Å². The summed E-state index contributed by atoms with van der Waals surface area (Å²) < 4.78 is 7.58. The lowest BCUT2D eigenvalue weighted by Crippen LogP contribution is -2.26. The Bertz CT molecular complexity index is 1270. The van der Waals surface area contributed by atoms with E-state index >= 15 is 0 Å². The molecule has 0 amide bonds. The largest absolute Gasteiger partial charge is 0.493 e. The number of aromatic nitrogens is 5. The number of benzene rings is 1. The molecule has 0 saturated carbocycles. The van der Waals surface area contributed by atoms with Crippen LogP contribution in [0.2, 0.25) is 0 Å². The number of fused-ring (bicyclic) bond motifs is 2. The summed E-state index contributed by atoms with van der Waals surface area (Å²) in [6.45, 7) is 4.74. The fraction of sp³-hybridized carbons (Fsp3) is 0.333. The highest BCUT2D eigenvalue weighted by Gasteiger charge is 2.22. The molecule has 4 aromatic rings. The van der Waals surface area contributed by atoms with Crippen molar-refractivity contribution in [3.63, 3.8) is 0 Å². The molecule has 2 aliphatic rings. The third-order valence-corrected chi connectivity index (χ3v) is 6.52. The van der Waals surface area contributed by atoms with Gasteiger partial charge in [0.1, 0.15) is 17.9 Å². The average Bonchev–Trinajstić information content (AvgIpc) is 3.58. The summed E-state index contributed by atoms with van der Waals surface area (Å²) in [6.07, 6.45) is 8.84. The van der Waals surface area contributed by atoms with Crippen LogP contribution in [0.5, 0.6) is 5.75 Å². The van der Waals surface area contributed by atoms with Gasteiger partial charge >= 0.3 is 0 Å². The average molecular weight is 428 g/mol. The maximum absolute atomic E-state index is 5.68. The quantitative estimate of drug-likeness (QED) is 0.520. The lowest BCUT2D eigenvalue weighted by atomic mass is 10.1. The van der Waals surface area contributed by atoms with Crippen molar-refractivity contribution in [3.05, 3.63) is 60.2 Å². The van der Waals surface area contributed by atoms with Crippen molar-refractivity contribution in [2.45, 2.75) is 38.8 Å². The molecular weight excluding hydrogens is 402 g/mol. The van der Waals surface area contributed by atoms with Crippen LogP contribution in [0.25, 0.3) is 16.8 Å². The van der Waals surface area contributed by atoms with Crippen LogP contribution in [0.3, 0.4) is 0 Å². The van der Waals surface area contributed by atoms with Crippen LogP contribution in [0.4, 0.5) is 11.8 Å². The van der Waals surface area contributed by atoms with E-state index in [-0.39, 0.29) is 0 Å². The maximum Gasteiger partial charge on any atom is 0.210 e. The van der Waals surface area contributed by atoms with Gasteiger partial charge in [0.25, 0.3) is 0 Å². The predicted molar refractivity (Wildman–Crippen MR) is 123 cm³/mol. The Hall–Kier alpha value is -3.68. The Morgan fingerprint density at radius 2 is 2.12 bits per heavy atom. The monoisotopic (exact) mass is 427 g/mol. The second kappa shape index (κ2) is 7.78. The predicted octanol–water partition coefficient (Wildman–Crippen LogP) is 3.72. The first-order chi connectivity index (χ1) is 15.8. The van der Waals surface area contributed by atoms with Crippen LogP contribution in [0.1, 0.15) is 30.9 Å². The van der Waals surface area contributed by atoms with Crippen LogP contribution in [-0.4, -0.2) is 43.8 Å². The number of ether oxygens (including phenoxy) is 1. The zero-order valence-electron chi connectivity index (χ0n) is 18.0. The first-order valence-electron chi connectivity index (χ1n) is 11.2. The Balaban J connectivity index is 1.27. The molecule has 0 bridgehead atoms. The van der Waals surface area contributed by atoms with Crippen LogP contribution in [0.15, 0.2) is 49.1 Å².